The molecule has 4 aromatic heterocycles. The van der Waals surface area contributed by atoms with Gasteiger partial charge in [-0.05, 0) is 66.7 Å². The van der Waals surface area contributed by atoms with E-state index >= 15 is 0 Å². The van der Waals surface area contributed by atoms with Crippen molar-refractivity contribution < 1.29 is 4.42 Å². The van der Waals surface area contributed by atoms with Crippen molar-refractivity contribution in [1.29, 1.82) is 0 Å². The van der Waals surface area contributed by atoms with Crippen LogP contribution in [0, 0.1) is 0 Å². The molecule has 0 N–H and O–H groups in total. The van der Waals surface area contributed by atoms with Gasteiger partial charge in [0.15, 0.2) is 17.5 Å². The van der Waals surface area contributed by atoms with Gasteiger partial charge in [-0.25, -0.2) is 19.9 Å². The van der Waals surface area contributed by atoms with Crippen LogP contribution in [0.4, 0.5) is 0 Å². The van der Waals surface area contributed by atoms with Gasteiger partial charge < -0.3 is 8.98 Å². The van der Waals surface area contributed by atoms with Crippen molar-refractivity contribution in [2.45, 2.75) is 0 Å². The highest BCUT2D eigenvalue weighted by molar-refractivity contribution is 6.25. The number of aromatic nitrogens is 5. The second kappa shape index (κ2) is 12.8. The Morgan fingerprint density at radius 2 is 0.931 bits per heavy atom. The minimum Gasteiger partial charge on any atom is -0.455 e. The van der Waals surface area contributed by atoms with Crippen molar-refractivity contribution >= 4 is 65.4 Å². The topological polar surface area (TPSA) is 69.6 Å². The number of furan rings is 1. The lowest BCUT2D eigenvalue weighted by Gasteiger charge is -2.10. The molecule has 0 amide bonds. The molecule has 0 fully saturated rings. The maximum atomic E-state index is 6.77. The first kappa shape index (κ1) is 32.3. The van der Waals surface area contributed by atoms with Crippen molar-refractivity contribution in [2.75, 3.05) is 0 Å². The normalized spacial score (nSPS) is 11.8. The molecule has 6 heteroatoms. The van der Waals surface area contributed by atoms with Gasteiger partial charge in [-0.1, -0.05) is 121 Å². The lowest BCUT2D eigenvalue weighted by atomic mass is 9.97. The maximum Gasteiger partial charge on any atom is 0.164 e. The average Bonchev–Trinajstić information content (AvgIpc) is 3.84. The van der Waals surface area contributed by atoms with Gasteiger partial charge in [-0.15, -0.1) is 0 Å². The zero-order valence-corrected chi connectivity index (χ0v) is 31.0. The first-order valence-corrected chi connectivity index (χ1v) is 19.4. The fourth-order valence-electron chi connectivity index (χ4n) is 8.54. The molecule has 0 aliphatic heterocycles. The predicted octanol–water partition coefficient (Wildman–Crippen LogP) is 13.2. The zero-order valence-electron chi connectivity index (χ0n) is 31.0. The molecular formula is C52H31N5O. The Balaban J connectivity index is 1.06. The number of rotatable bonds is 5. The van der Waals surface area contributed by atoms with E-state index in [-0.39, 0.29) is 0 Å². The Bertz CT molecular complexity index is 3560. The lowest BCUT2D eigenvalue weighted by molar-refractivity contribution is 0.673. The molecule has 0 saturated heterocycles. The van der Waals surface area contributed by atoms with E-state index in [0.29, 0.717) is 17.5 Å². The van der Waals surface area contributed by atoms with Crippen molar-refractivity contribution in [1.82, 2.24) is 24.5 Å². The Hall–Kier alpha value is -7.96. The number of pyridine rings is 1. The highest BCUT2D eigenvalue weighted by Crippen LogP contribution is 2.42. The Labute approximate surface area is 332 Å². The van der Waals surface area contributed by atoms with E-state index in [9.17, 15) is 0 Å². The molecule has 0 radical (unpaired) electrons. The van der Waals surface area contributed by atoms with E-state index in [4.69, 9.17) is 24.4 Å². The first-order valence-electron chi connectivity index (χ1n) is 19.4. The van der Waals surface area contributed by atoms with Gasteiger partial charge in [-0.3, -0.25) is 0 Å². The van der Waals surface area contributed by atoms with Crippen LogP contribution >= 0.6 is 0 Å². The highest BCUT2D eigenvalue weighted by Gasteiger charge is 2.20. The van der Waals surface area contributed by atoms with Crippen LogP contribution in [0.2, 0.25) is 0 Å². The van der Waals surface area contributed by atoms with E-state index in [0.717, 1.165) is 93.7 Å². The molecule has 0 unspecified atom stereocenters. The van der Waals surface area contributed by atoms with Gasteiger partial charge in [-0.2, -0.15) is 0 Å². The molecule has 0 saturated carbocycles. The molecule has 0 bridgehead atoms. The summed E-state index contributed by atoms with van der Waals surface area (Å²) in [5.41, 5.74) is 10.7. The minimum absolute atomic E-state index is 0.591. The number of nitrogens with zero attached hydrogens (tertiary/aromatic N) is 5. The van der Waals surface area contributed by atoms with Crippen molar-refractivity contribution in [3.63, 3.8) is 0 Å². The third-order valence-electron chi connectivity index (χ3n) is 11.2. The molecule has 0 atom stereocenters. The number of hydrogen-bond donors (Lipinski definition) is 0. The van der Waals surface area contributed by atoms with Crippen LogP contribution < -0.4 is 0 Å². The molecular weight excluding hydrogens is 711 g/mol. The molecule has 8 aromatic carbocycles. The van der Waals surface area contributed by atoms with Gasteiger partial charge in [0.05, 0.1) is 22.2 Å². The molecule has 0 aliphatic carbocycles. The summed E-state index contributed by atoms with van der Waals surface area (Å²) >= 11 is 0. The standard InChI is InChI=1S/C52H31N5O/c1-4-14-32(15-5-1)48-40-27-26-38-42-31-35(25-29-46(42)58-49(38)47(40)39-21-10-12-22-43(39)53-48)52-55-50(33-16-6-2-7-17-33)54-51(56-52)34-24-28-45-41(30-34)37-20-11-13-23-44(37)57(45)36-18-8-3-9-19-36/h1-31H. The number of benzene rings is 8. The molecule has 6 nitrogen and oxygen atoms in total. The molecule has 12 aromatic rings. The summed E-state index contributed by atoms with van der Waals surface area (Å²) in [6.45, 7) is 0. The summed E-state index contributed by atoms with van der Waals surface area (Å²) in [6.07, 6.45) is 0. The number of para-hydroxylation sites is 3. The van der Waals surface area contributed by atoms with E-state index in [2.05, 4.69) is 132 Å². The van der Waals surface area contributed by atoms with Gasteiger partial charge in [0, 0.05) is 65.6 Å². The molecule has 12 rings (SSSR count). The smallest absolute Gasteiger partial charge is 0.164 e. The second-order valence-corrected chi connectivity index (χ2v) is 14.6. The fourth-order valence-corrected chi connectivity index (χ4v) is 8.54. The summed E-state index contributed by atoms with van der Waals surface area (Å²) in [6, 6.07) is 64.9. The summed E-state index contributed by atoms with van der Waals surface area (Å²) in [5, 5.41) is 7.49. The van der Waals surface area contributed by atoms with Crippen LogP contribution in [-0.4, -0.2) is 24.5 Å². The van der Waals surface area contributed by atoms with Crippen LogP contribution in [0.1, 0.15) is 0 Å². The molecule has 58 heavy (non-hydrogen) atoms. The maximum absolute atomic E-state index is 6.77. The third kappa shape index (κ3) is 5.05. The Morgan fingerprint density at radius 3 is 1.69 bits per heavy atom. The summed E-state index contributed by atoms with van der Waals surface area (Å²) in [5.74, 6) is 1.81. The lowest BCUT2D eigenvalue weighted by Crippen LogP contribution is -2.00. The van der Waals surface area contributed by atoms with Crippen LogP contribution in [0.5, 0.6) is 0 Å². The van der Waals surface area contributed by atoms with E-state index in [1.165, 1.54) is 5.39 Å². The molecule has 0 spiro atoms. The Morgan fingerprint density at radius 1 is 0.362 bits per heavy atom. The largest absolute Gasteiger partial charge is 0.455 e. The van der Waals surface area contributed by atoms with Gasteiger partial charge in [0.25, 0.3) is 0 Å². The fraction of sp³-hybridized carbons (Fsp3) is 0. The van der Waals surface area contributed by atoms with Gasteiger partial charge >= 0.3 is 0 Å². The monoisotopic (exact) mass is 741 g/mol. The second-order valence-electron chi connectivity index (χ2n) is 14.6. The van der Waals surface area contributed by atoms with E-state index < -0.39 is 0 Å². The zero-order chi connectivity index (χ0) is 38.2. The van der Waals surface area contributed by atoms with Crippen LogP contribution in [0.25, 0.3) is 117 Å². The summed E-state index contributed by atoms with van der Waals surface area (Å²) < 4.78 is 9.09. The quantitative estimate of drug-likeness (QED) is 0.164. The number of hydrogen-bond acceptors (Lipinski definition) is 5. The van der Waals surface area contributed by atoms with Crippen molar-refractivity contribution in [3.05, 3.63) is 188 Å². The molecule has 0 aliphatic rings. The summed E-state index contributed by atoms with van der Waals surface area (Å²) in [7, 11) is 0. The van der Waals surface area contributed by atoms with Crippen LogP contribution in [-0.2, 0) is 0 Å². The minimum atomic E-state index is 0.591. The Kier molecular flexibility index (Phi) is 7.13. The van der Waals surface area contributed by atoms with Gasteiger partial charge in [0.1, 0.15) is 11.2 Å². The highest BCUT2D eigenvalue weighted by atomic mass is 16.3. The summed E-state index contributed by atoms with van der Waals surface area (Å²) in [4.78, 5) is 20.5. The van der Waals surface area contributed by atoms with Gasteiger partial charge in [0.2, 0.25) is 0 Å². The third-order valence-corrected chi connectivity index (χ3v) is 11.2. The molecule has 270 valence electrons. The predicted molar refractivity (Wildman–Crippen MR) is 236 cm³/mol. The van der Waals surface area contributed by atoms with Crippen LogP contribution in [0.3, 0.4) is 0 Å². The number of fused-ring (bicyclic) bond motifs is 10. The average molecular weight is 742 g/mol. The SMILES string of the molecule is c1ccc(-c2nc(-c3ccc4oc5c(ccc6c(-c7ccccc7)nc7ccccc7c65)c4c3)nc(-c3ccc4c(c3)c3ccccc3n4-c3ccccc3)n2)cc1. The van der Waals surface area contributed by atoms with E-state index in [1.54, 1.807) is 0 Å². The van der Waals surface area contributed by atoms with Crippen LogP contribution in [0.15, 0.2) is 192 Å². The van der Waals surface area contributed by atoms with Crippen molar-refractivity contribution in [3.8, 4) is 51.1 Å². The first-order chi connectivity index (χ1) is 28.7. The van der Waals surface area contributed by atoms with E-state index in [1.807, 2.05) is 60.7 Å². The van der Waals surface area contributed by atoms with Crippen molar-refractivity contribution in [2.24, 2.45) is 0 Å². The molecule has 4 heterocycles.